The van der Waals surface area contributed by atoms with E-state index >= 15 is 0 Å². The van der Waals surface area contributed by atoms with Crippen LogP contribution in [0.1, 0.15) is 55.9 Å². The van der Waals surface area contributed by atoms with E-state index < -0.39 is 15.4 Å². The van der Waals surface area contributed by atoms with E-state index in [1.807, 2.05) is 12.1 Å². The third kappa shape index (κ3) is 5.06. The van der Waals surface area contributed by atoms with Crippen LogP contribution in [0, 0.1) is 0 Å². The summed E-state index contributed by atoms with van der Waals surface area (Å²) in [6, 6.07) is 15.7. The highest BCUT2D eigenvalue weighted by molar-refractivity contribution is 7.88. The fourth-order valence-electron chi connectivity index (χ4n) is 3.46. The second kappa shape index (κ2) is 7.92. The lowest BCUT2D eigenvalue weighted by Crippen LogP contribution is -2.34. The second-order valence-corrected chi connectivity index (χ2v) is 10.8. The van der Waals surface area contributed by atoms with E-state index in [-0.39, 0.29) is 17.1 Å². The van der Waals surface area contributed by atoms with Crippen LogP contribution in [0.3, 0.4) is 0 Å². The van der Waals surface area contributed by atoms with Gasteiger partial charge in [-0.25, -0.2) is 13.1 Å². The summed E-state index contributed by atoms with van der Waals surface area (Å²) in [6.07, 6.45) is 1.74. The van der Waals surface area contributed by atoms with Gasteiger partial charge in [0.15, 0.2) is 0 Å². The molecule has 2 N–H and O–H groups in total. The Morgan fingerprint density at radius 3 is 2.00 bits per heavy atom. The number of rotatable bonds is 7. The average Bonchev–Trinajstić information content (AvgIpc) is 3.48. The Morgan fingerprint density at radius 2 is 1.52 bits per heavy atom. The van der Waals surface area contributed by atoms with Crippen LogP contribution < -0.4 is 10.0 Å². The zero-order chi connectivity index (χ0) is 21.3. The first-order valence-electron chi connectivity index (χ1n) is 9.94. The number of carbonyl (C=O) groups is 1. The van der Waals surface area contributed by atoms with Gasteiger partial charge in [-0.15, -0.1) is 0 Å². The minimum absolute atomic E-state index is 0.0518. The van der Waals surface area contributed by atoms with Gasteiger partial charge in [-0.05, 0) is 47.6 Å². The Balaban J connectivity index is 1.62. The molecule has 156 valence electrons. The van der Waals surface area contributed by atoms with Gasteiger partial charge in [-0.3, -0.25) is 4.79 Å². The summed E-state index contributed by atoms with van der Waals surface area (Å²) in [6.45, 7) is 6.98. The number of hydrogen-bond acceptors (Lipinski definition) is 3. The maximum absolute atomic E-state index is 12.9. The molecule has 29 heavy (non-hydrogen) atoms. The normalized spacial score (nSPS) is 15.7. The molecule has 0 spiro atoms. The fraction of sp³-hybridized carbons (Fsp3) is 0.435. The van der Waals surface area contributed by atoms with Crippen LogP contribution in [0.2, 0.25) is 0 Å². The molecule has 0 saturated heterocycles. The molecule has 0 bridgehead atoms. The lowest BCUT2D eigenvalue weighted by Gasteiger charge is -2.21. The molecule has 0 heterocycles. The van der Waals surface area contributed by atoms with Crippen LogP contribution in [-0.4, -0.2) is 21.4 Å². The highest BCUT2D eigenvalue weighted by atomic mass is 32.2. The van der Waals surface area contributed by atoms with Gasteiger partial charge < -0.3 is 5.32 Å². The minimum atomic E-state index is -3.29. The molecule has 1 saturated carbocycles. The monoisotopic (exact) mass is 414 g/mol. The molecule has 1 aliphatic carbocycles. The number of amides is 1. The first-order chi connectivity index (χ1) is 13.6. The predicted molar refractivity (Wildman–Crippen MR) is 116 cm³/mol. The summed E-state index contributed by atoms with van der Waals surface area (Å²) in [7, 11) is -1.88. The summed E-state index contributed by atoms with van der Waals surface area (Å²) in [5.41, 5.74) is 3.69. The molecule has 0 radical (unpaired) electrons. The summed E-state index contributed by atoms with van der Waals surface area (Å²) in [5, 5.41) is 3.05. The van der Waals surface area contributed by atoms with Crippen molar-refractivity contribution in [2.75, 3.05) is 7.05 Å². The lowest BCUT2D eigenvalue weighted by atomic mass is 9.85. The number of benzene rings is 2. The molecule has 0 aliphatic heterocycles. The molecule has 6 heteroatoms. The quantitative estimate of drug-likeness (QED) is 0.729. The molecule has 1 fully saturated rings. The summed E-state index contributed by atoms with van der Waals surface area (Å²) >= 11 is 0. The Morgan fingerprint density at radius 1 is 0.966 bits per heavy atom. The van der Waals surface area contributed by atoms with Crippen LogP contribution >= 0.6 is 0 Å². The third-order valence-electron chi connectivity index (χ3n) is 5.63. The van der Waals surface area contributed by atoms with Crippen molar-refractivity contribution in [3.05, 3.63) is 70.8 Å². The number of hydrogen-bond donors (Lipinski definition) is 2. The van der Waals surface area contributed by atoms with Gasteiger partial charge in [0.05, 0.1) is 11.2 Å². The van der Waals surface area contributed by atoms with E-state index in [2.05, 4.69) is 55.1 Å². The van der Waals surface area contributed by atoms with Crippen LogP contribution in [0.4, 0.5) is 0 Å². The van der Waals surface area contributed by atoms with Crippen LogP contribution in [-0.2, 0) is 37.9 Å². The van der Waals surface area contributed by atoms with Gasteiger partial charge >= 0.3 is 0 Å². The van der Waals surface area contributed by atoms with Crippen molar-refractivity contribution in [1.82, 2.24) is 10.0 Å². The zero-order valence-electron chi connectivity index (χ0n) is 17.6. The Kier molecular flexibility index (Phi) is 5.88. The number of nitrogens with one attached hydrogen (secondary N) is 2. The van der Waals surface area contributed by atoms with Gasteiger partial charge in [0.1, 0.15) is 0 Å². The molecule has 2 aromatic rings. The van der Waals surface area contributed by atoms with E-state index in [0.29, 0.717) is 12.1 Å². The van der Waals surface area contributed by atoms with Crippen molar-refractivity contribution in [3.8, 4) is 0 Å². The van der Waals surface area contributed by atoms with E-state index in [4.69, 9.17) is 0 Å². The Labute approximate surface area is 174 Å². The molecule has 0 aromatic heterocycles. The maximum Gasteiger partial charge on any atom is 0.230 e. The van der Waals surface area contributed by atoms with Crippen molar-refractivity contribution in [2.24, 2.45) is 0 Å². The number of carbonyl (C=O) groups excluding carboxylic acids is 1. The van der Waals surface area contributed by atoms with Gasteiger partial charge in [0, 0.05) is 6.54 Å². The van der Waals surface area contributed by atoms with Crippen molar-refractivity contribution >= 4 is 15.9 Å². The largest absolute Gasteiger partial charge is 0.351 e. The Hall–Kier alpha value is -2.18. The maximum atomic E-state index is 12.9. The van der Waals surface area contributed by atoms with Crippen LogP contribution in [0.5, 0.6) is 0 Å². The van der Waals surface area contributed by atoms with E-state index in [9.17, 15) is 13.2 Å². The molecule has 0 unspecified atom stereocenters. The van der Waals surface area contributed by atoms with Gasteiger partial charge in [-0.1, -0.05) is 69.3 Å². The minimum Gasteiger partial charge on any atom is -0.351 e. The van der Waals surface area contributed by atoms with Gasteiger partial charge in [-0.2, -0.15) is 0 Å². The number of sulfonamides is 1. The van der Waals surface area contributed by atoms with Crippen molar-refractivity contribution in [1.29, 1.82) is 0 Å². The molecular formula is C23H30N2O3S. The first-order valence-corrected chi connectivity index (χ1v) is 11.6. The van der Waals surface area contributed by atoms with Gasteiger partial charge in [0.2, 0.25) is 15.9 Å². The van der Waals surface area contributed by atoms with Crippen molar-refractivity contribution < 1.29 is 13.2 Å². The highest BCUT2D eigenvalue weighted by Crippen LogP contribution is 2.48. The Bertz CT molecular complexity index is 968. The topological polar surface area (TPSA) is 75.3 Å². The standard InChI is InChI=1S/C23H30N2O3S/c1-22(2,3)19-9-11-20(12-10-19)23(13-14-23)21(26)25-15-17-5-7-18(8-6-17)16-29(27,28)24-4/h5-12,24H,13-16H2,1-4H3,(H,25,26). The first kappa shape index (κ1) is 21.5. The predicted octanol–water partition coefficient (Wildman–Crippen LogP) is 3.38. The van der Waals surface area contributed by atoms with Crippen LogP contribution in [0.15, 0.2) is 48.5 Å². The molecule has 0 atom stereocenters. The van der Waals surface area contributed by atoms with Gasteiger partial charge in [0.25, 0.3) is 0 Å². The molecule has 1 aliphatic rings. The van der Waals surface area contributed by atoms with E-state index in [1.54, 1.807) is 12.1 Å². The van der Waals surface area contributed by atoms with E-state index in [0.717, 1.165) is 24.0 Å². The van der Waals surface area contributed by atoms with Crippen molar-refractivity contribution in [3.63, 3.8) is 0 Å². The molecule has 1 amide bonds. The van der Waals surface area contributed by atoms with E-state index in [1.165, 1.54) is 12.6 Å². The zero-order valence-corrected chi connectivity index (χ0v) is 18.4. The van der Waals surface area contributed by atoms with Crippen molar-refractivity contribution in [2.45, 2.75) is 56.7 Å². The smallest absolute Gasteiger partial charge is 0.230 e. The SMILES string of the molecule is CNS(=O)(=O)Cc1ccc(CNC(=O)C2(c3ccc(C(C)(C)C)cc3)CC2)cc1. The average molecular weight is 415 g/mol. The molecular weight excluding hydrogens is 384 g/mol. The lowest BCUT2D eigenvalue weighted by molar-refractivity contribution is -0.123. The third-order valence-corrected chi connectivity index (χ3v) is 6.97. The summed E-state index contributed by atoms with van der Waals surface area (Å²) < 4.78 is 25.6. The summed E-state index contributed by atoms with van der Waals surface area (Å²) in [4.78, 5) is 12.9. The fourth-order valence-corrected chi connectivity index (χ4v) is 4.23. The summed E-state index contributed by atoms with van der Waals surface area (Å²) in [5.74, 6) is 0.00642. The van der Waals surface area contributed by atoms with Crippen LogP contribution in [0.25, 0.3) is 0 Å². The molecule has 2 aromatic carbocycles. The molecule has 5 nitrogen and oxygen atoms in total. The highest BCUT2D eigenvalue weighted by Gasteiger charge is 2.51. The second-order valence-electron chi connectivity index (χ2n) is 8.87. The molecule has 3 rings (SSSR count).